The van der Waals surface area contributed by atoms with Gasteiger partial charge in [-0.25, -0.2) is 8.42 Å². The van der Waals surface area contributed by atoms with Gasteiger partial charge in [0.2, 0.25) is 0 Å². The Bertz CT molecular complexity index is 624. The highest BCUT2D eigenvalue weighted by Gasteiger charge is 2.29. The van der Waals surface area contributed by atoms with E-state index in [4.69, 9.17) is 12.2 Å². The van der Waals surface area contributed by atoms with Crippen molar-refractivity contribution < 1.29 is 8.42 Å². The van der Waals surface area contributed by atoms with E-state index >= 15 is 0 Å². The van der Waals surface area contributed by atoms with E-state index in [1.54, 1.807) is 21.8 Å². The van der Waals surface area contributed by atoms with Crippen LogP contribution in [0.25, 0.3) is 0 Å². The number of thiocarbonyl (C=S) groups is 1. The van der Waals surface area contributed by atoms with E-state index in [1.165, 1.54) is 30.6 Å². The first kappa shape index (κ1) is 20.6. The van der Waals surface area contributed by atoms with E-state index in [1.807, 2.05) is 0 Å². The van der Waals surface area contributed by atoms with Gasteiger partial charge in [0.25, 0.3) is 10.0 Å². The number of nitrogens with zero attached hydrogens (tertiary/aromatic N) is 2. The smallest absolute Gasteiger partial charge is 0.252 e. The van der Waals surface area contributed by atoms with Crippen molar-refractivity contribution in [2.75, 3.05) is 32.7 Å². The number of hydrogen-bond acceptors (Lipinski definition) is 4. The average molecular weight is 404 g/mol. The highest BCUT2D eigenvalue weighted by molar-refractivity contribution is 7.91. The first-order valence-corrected chi connectivity index (χ1v) is 11.8. The van der Waals surface area contributed by atoms with E-state index in [0.29, 0.717) is 36.3 Å². The molecule has 1 aliphatic rings. The Morgan fingerprint density at radius 2 is 2.04 bits per heavy atom. The van der Waals surface area contributed by atoms with Gasteiger partial charge in [0.1, 0.15) is 4.21 Å². The van der Waals surface area contributed by atoms with E-state index in [2.05, 4.69) is 24.1 Å². The van der Waals surface area contributed by atoms with Crippen molar-refractivity contribution in [2.45, 2.75) is 43.7 Å². The second-order valence-corrected chi connectivity index (χ2v) is 9.92. The molecule has 1 aromatic heterocycles. The summed E-state index contributed by atoms with van der Waals surface area (Å²) in [5.74, 6) is 0.651. The molecular formula is C17H29N3O2S3. The molecule has 1 aliphatic heterocycles. The fraction of sp³-hybridized carbons (Fsp3) is 0.706. The third-order valence-electron chi connectivity index (χ3n) is 4.70. The number of piperazine rings is 1. The molecule has 1 aromatic rings. The number of thiophene rings is 1. The number of sulfonamides is 1. The minimum absolute atomic E-state index is 0.420. The second kappa shape index (κ2) is 9.85. The van der Waals surface area contributed by atoms with Crippen molar-refractivity contribution in [3.8, 4) is 0 Å². The van der Waals surface area contributed by atoms with Crippen LogP contribution in [-0.2, 0) is 10.0 Å². The van der Waals surface area contributed by atoms with Crippen molar-refractivity contribution in [3.05, 3.63) is 17.5 Å². The molecule has 1 saturated heterocycles. The zero-order valence-electron chi connectivity index (χ0n) is 15.1. The molecule has 1 N–H and O–H groups in total. The average Bonchev–Trinajstić information content (AvgIpc) is 3.17. The largest absolute Gasteiger partial charge is 0.362 e. The summed E-state index contributed by atoms with van der Waals surface area (Å²) in [6, 6.07) is 3.44. The normalized spacial score (nSPS) is 17.4. The molecule has 0 radical (unpaired) electrons. The summed E-state index contributed by atoms with van der Waals surface area (Å²) in [5.41, 5.74) is 0. The van der Waals surface area contributed by atoms with Gasteiger partial charge in [0.05, 0.1) is 0 Å². The van der Waals surface area contributed by atoms with Crippen LogP contribution in [0.1, 0.15) is 39.5 Å². The maximum atomic E-state index is 12.5. The molecule has 2 heterocycles. The Balaban J connectivity index is 1.80. The van der Waals surface area contributed by atoms with Crippen LogP contribution >= 0.6 is 23.6 Å². The Morgan fingerprint density at radius 3 is 2.60 bits per heavy atom. The lowest BCUT2D eigenvalue weighted by Crippen LogP contribution is -2.53. The maximum Gasteiger partial charge on any atom is 0.252 e. The van der Waals surface area contributed by atoms with E-state index in [-0.39, 0.29) is 0 Å². The van der Waals surface area contributed by atoms with Gasteiger partial charge < -0.3 is 10.2 Å². The van der Waals surface area contributed by atoms with Crippen molar-refractivity contribution >= 4 is 38.7 Å². The van der Waals surface area contributed by atoms with Crippen molar-refractivity contribution in [3.63, 3.8) is 0 Å². The van der Waals surface area contributed by atoms with E-state index in [0.717, 1.165) is 18.1 Å². The Morgan fingerprint density at radius 1 is 1.32 bits per heavy atom. The molecule has 0 amide bonds. The molecule has 2 rings (SSSR count). The van der Waals surface area contributed by atoms with Crippen LogP contribution in [0.3, 0.4) is 0 Å². The zero-order chi connectivity index (χ0) is 18.3. The minimum Gasteiger partial charge on any atom is -0.362 e. The molecule has 8 heteroatoms. The lowest BCUT2D eigenvalue weighted by molar-refractivity contribution is 0.263. The monoisotopic (exact) mass is 403 g/mol. The van der Waals surface area contributed by atoms with Crippen LogP contribution in [0.15, 0.2) is 21.7 Å². The van der Waals surface area contributed by atoms with Gasteiger partial charge in [0.15, 0.2) is 5.11 Å². The topological polar surface area (TPSA) is 52.6 Å². The lowest BCUT2D eigenvalue weighted by Gasteiger charge is -2.35. The molecule has 0 saturated carbocycles. The molecule has 25 heavy (non-hydrogen) atoms. The van der Waals surface area contributed by atoms with Crippen molar-refractivity contribution in [1.82, 2.24) is 14.5 Å². The van der Waals surface area contributed by atoms with Gasteiger partial charge >= 0.3 is 0 Å². The second-order valence-electron chi connectivity index (χ2n) is 6.43. The van der Waals surface area contributed by atoms with Gasteiger partial charge in [-0.05, 0) is 36.0 Å². The summed E-state index contributed by atoms with van der Waals surface area (Å²) in [6.07, 6.45) is 4.87. The third-order valence-corrected chi connectivity index (χ3v) is 8.37. The molecule has 0 unspecified atom stereocenters. The van der Waals surface area contributed by atoms with Crippen LogP contribution in [-0.4, -0.2) is 55.5 Å². The summed E-state index contributed by atoms with van der Waals surface area (Å²) >= 11 is 6.78. The van der Waals surface area contributed by atoms with Gasteiger partial charge in [-0.3, -0.25) is 0 Å². The summed E-state index contributed by atoms with van der Waals surface area (Å²) in [4.78, 5) is 2.09. The van der Waals surface area contributed by atoms with Gasteiger partial charge in [-0.15, -0.1) is 11.3 Å². The van der Waals surface area contributed by atoms with Gasteiger partial charge in [-0.1, -0.05) is 39.2 Å². The minimum atomic E-state index is -3.35. The molecule has 1 fully saturated rings. The van der Waals surface area contributed by atoms with Crippen LogP contribution in [0.4, 0.5) is 0 Å². The van der Waals surface area contributed by atoms with Crippen molar-refractivity contribution in [1.29, 1.82) is 0 Å². The van der Waals surface area contributed by atoms with Gasteiger partial charge in [0, 0.05) is 32.7 Å². The molecular weight excluding hydrogens is 374 g/mol. The van der Waals surface area contributed by atoms with Crippen LogP contribution in [0, 0.1) is 5.92 Å². The first-order chi connectivity index (χ1) is 12.0. The number of rotatable bonds is 8. The number of hydrogen-bond donors (Lipinski definition) is 1. The summed E-state index contributed by atoms with van der Waals surface area (Å²) < 4.78 is 27.1. The van der Waals surface area contributed by atoms with Crippen molar-refractivity contribution in [2.24, 2.45) is 5.92 Å². The molecule has 0 aromatic carbocycles. The van der Waals surface area contributed by atoms with E-state index < -0.39 is 10.0 Å². The summed E-state index contributed by atoms with van der Waals surface area (Å²) in [5, 5.41) is 5.93. The lowest BCUT2D eigenvalue weighted by atomic mass is 9.99. The predicted molar refractivity (Wildman–Crippen MR) is 109 cm³/mol. The fourth-order valence-electron chi connectivity index (χ4n) is 2.96. The van der Waals surface area contributed by atoms with E-state index in [9.17, 15) is 8.42 Å². The summed E-state index contributed by atoms with van der Waals surface area (Å²) in [6.45, 7) is 7.59. The predicted octanol–water partition coefficient (Wildman–Crippen LogP) is 3.15. The Kier molecular flexibility index (Phi) is 8.12. The van der Waals surface area contributed by atoms with Crippen LogP contribution in [0.2, 0.25) is 0 Å². The molecule has 5 nitrogen and oxygen atoms in total. The van der Waals surface area contributed by atoms with Crippen LogP contribution in [0.5, 0.6) is 0 Å². The Hall–Kier alpha value is -0.700. The molecule has 0 aliphatic carbocycles. The first-order valence-electron chi connectivity index (χ1n) is 9.05. The molecule has 0 spiro atoms. The Labute approximate surface area is 161 Å². The molecule has 142 valence electrons. The standard InChI is InChI=1S/C17H29N3O2S3/c1-3-5-7-15(4-2)14-18-17(23)19-9-11-20(12-10-19)25(21,22)16-8-6-13-24-16/h6,8,13,15H,3-5,7,9-12,14H2,1-2H3,(H,18,23)/t15-/m1/s1. The number of unbranched alkanes of at least 4 members (excludes halogenated alkanes) is 1. The zero-order valence-corrected chi connectivity index (χ0v) is 17.6. The third kappa shape index (κ3) is 5.64. The maximum absolute atomic E-state index is 12.5. The quantitative estimate of drug-likeness (QED) is 0.676. The molecule has 0 bridgehead atoms. The SMILES string of the molecule is CCCC[C@@H](CC)CNC(=S)N1CCN(S(=O)(=O)c2cccs2)CC1. The van der Waals surface area contributed by atoms with Gasteiger partial charge in [-0.2, -0.15) is 4.31 Å². The highest BCUT2D eigenvalue weighted by Crippen LogP contribution is 2.22. The molecule has 1 atom stereocenters. The summed E-state index contributed by atoms with van der Waals surface area (Å²) in [7, 11) is -3.35. The van der Waals surface area contributed by atoms with Crippen LogP contribution < -0.4 is 5.32 Å². The fourth-order valence-corrected chi connectivity index (χ4v) is 5.79. The number of nitrogens with one attached hydrogen (secondary N) is 1. The highest BCUT2D eigenvalue weighted by atomic mass is 32.2.